The molecule has 2 aromatic rings. The lowest BCUT2D eigenvalue weighted by molar-refractivity contribution is 0.517. The number of fused-ring (bicyclic) bond motifs is 1. The Kier molecular flexibility index (Phi) is 6.79. The molecular weight excluding hydrogens is 306 g/mol. The monoisotopic (exact) mass is 327 g/mol. The van der Waals surface area contributed by atoms with Crippen molar-refractivity contribution < 1.29 is 4.42 Å². The van der Waals surface area contributed by atoms with Gasteiger partial charge in [-0.25, -0.2) is 15.0 Å². The van der Waals surface area contributed by atoms with Crippen LogP contribution >= 0.6 is 0 Å². The van der Waals surface area contributed by atoms with E-state index in [1.54, 1.807) is 6.26 Å². The minimum absolute atomic E-state index is 0.621. The minimum Gasteiger partial charge on any atom is -0.467 e. The van der Waals surface area contributed by atoms with Gasteiger partial charge in [0.25, 0.3) is 0 Å². The molecule has 0 saturated carbocycles. The highest BCUT2D eigenvalue weighted by atomic mass is 16.3. The molecule has 1 aliphatic heterocycles. The van der Waals surface area contributed by atoms with Gasteiger partial charge >= 0.3 is 0 Å². The number of nitrogens with zero attached hydrogens (tertiary/aromatic N) is 6. The van der Waals surface area contributed by atoms with Crippen molar-refractivity contribution in [3.63, 3.8) is 0 Å². The van der Waals surface area contributed by atoms with Crippen LogP contribution in [0, 0.1) is 5.92 Å². The largest absolute Gasteiger partial charge is 0.467 e. The number of anilines is 1. The summed E-state index contributed by atoms with van der Waals surface area (Å²) in [6.45, 7) is 5.46. The van der Waals surface area contributed by atoms with Gasteiger partial charge in [-0.15, -0.1) is 0 Å². The molecular formula is C16H21N7O. The van der Waals surface area contributed by atoms with Gasteiger partial charge in [0.1, 0.15) is 17.9 Å². The topological polar surface area (TPSA) is 112 Å². The Labute approximate surface area is 140 Å². The molecule has 8 heteroatoms. The van der Waals surface area contributed by atoms with Gasteiger partial charge in [-0.2, -0.15) is 0 Å². The van der Waals surface area contributed by atoms with Crippen LogP contribution in [0.2, 0.25) is 0 Å². The van der Waals surface area contributed by atoms with Crippen LogP contribution in [0.1, 0.15) is 31.6 Å². The fourth-order valence-corrected chi connectivity index (χ4v) is 2.02. The van der Waals surface area contributed by atoms with Crippen molar-refractivity contribution in [1.29, 1.82) is 0 Å². The summed E-state index contributed by atoms with van der Waals surface area (Å²) in [5.41, 5.74) is 8.89. The van der Waals surface area contributed by atoms with Gasteiger partial charge in [-0.05, 0) is 30.0 Å². The number of rotatable bonds is 6. The zero-order valence-corrected chi connectivity index (χ0v) is 13.9. The highest BCUT2D eigenvalue weighted by Crippen LogP contribution is 2.26. The lowest BCUT2D eigenvalue weighted by Crippen LogP contribution is -2.03. The van der Waals surface area contributed by atoms with Crippen molar-refractivity contribution in [3.05, 3.63) is 46.5 Å². The fraction of sp³-hybridized carbons (Fsp3) is 0.438. The maximum absolute atomic E-state index is 7.84. The van der Waals surface area contributed by atoms with Crippen molar-refractivity contribution in [2.75, 3.05) is 11.9 Å². The average molecular weight is 327 g/mol. The van der Waals surface area contributed by atoms with Crippen LogP contribution < -0.4 is 5.32 Å². The van der Waals surface area contributed by atoms with Gasteiger partial charge in [0.05, 0.1) is 12.8 Å². The smallest absolute Gasteiger partial charge is 0.160 e. The van der Waals surface area contributed by atoms with E-state index >= 15 is 0 Å². The Hall–Kier alpha value is -2.86. The SMILES string of the molecule is C1=Nc2ncnc(NCc3ccco3)c2C1.CC(C)CCN=[N+]=[N-]. The Balaban J connectivity index is 0.000000224. The summed E-state index contributed by atoms with van der Waals surface area (Å²) in [5, 5.41) is 6.62. The second-order valence-corrected chi connectivity index (χ2v) is 5.61. The lowest BCUT2D eigenvalue weighted by atomic mass is 10.1. The second-order valence-electron chi connectivity index (χ2n) is 5.61. The molecule has 0 radical (unpaired) electrons. The summed E-state index contributed by atoms with van der Waals surface area (Å²) in [6.07, 6.45) is 6.80. The lowest BCUT2D eigenvalue weighted by Gasteiger charge is -2.06. The molecule has 0 unspecified atom stereocenters. The molecule has 0 saturated heterocycles. The highest BCUT2D eigenvalue weighted by molar-refractivity contribution is 5.77. The fourth-order valence-electron chi connectivity index (χ4n) is 2.02. The molecule has 3 heterocycles. The number of hydrogen-bond donors (Lipinski definition) is 1. The first-order chi connectivity index (χ1) is 11.7. The van der Waals surface area contributed by atoms with E-state index < -0.39 is 0 Å². The zero-order chi connectivity index (χ0) is 17.2. The predicted molar refractivity (Wildman–Crippen MR) is 93.4 cm³/mol. The van der Waals surface area contributed by atoms with Crippen LogP contribution in [-0.2, 0) is 13.0 Å². The van der Waals surface area contributed by atoms with Crippen molar-refractivity contribution in [2.24, 2.45) is 16.0 Å². The molecule has 1 N–H and O–H groups in total. The molecule has 0 bridgehead atoms. The third-order valence-electron chi connectivity index (χ3n) is 3.31. The molecule has 0 aromatic carbocycles. The molecule has 0 aliphatic carbocycles. The summed E-state index contributed by atoms with van der Waals surface area (Å²) in [6, 6.07) is 3.79. The molecule has 8 nitrogen and oxygen atoms in total. The van der Waals surface area contributed by atoms with E-state index in [0.717, 1.165) is 35.8 Å². The van der Waals surface area contributed by atoms with Crippen LogP contribution in [0.15, 0.2) is 39.2 Å². The molecule has 0 atom stereocenters. The van der Waals surface area contributed by atoms with Gasteiger partial charge in [-0.1, -0.05) is 19.0 Å². The number of nitrogens with one attached hydrogen (secondary N) is 1. The summed E-state index contributed by atoms with van der Waals surface area (Å²) in [5.74, 6) is 3.11. The van der Waals surface area contributed by atoms with E-state index in [0.29, 0.717) is 19.0 Å². The second kappa shape index (κ2) is 9.32. The van der Waals surface area contributed by atoms with Gasteiger partial charge in [-0.3, -0.25) is 0 Å². The van der Waals surface area contributed by atoms with Crippen molar-refractivity contribution in [3.8, 4) is 0 Å². The van der Waals surface area contributed by atoms with Crippen LogP contribution in [-0.4, -0.2) is 22.7 Å². The first kappa shape index (κ1) is 17.5. The Morgan fingerprint density at radius 1 is 1.42 bits per heavy atom. The van der Waals surface area contributed by atoms with Gasteiger partial charge in [0, 0.05) is 29.7 Å². The number of aliphatic imine (C=N–C) groups is 1. The number of aromatic nitrogens is 2. The maximum atomic E-state index is 7.84. The predicted octanol–water partition coefficient (Wildman–Crippen LogP) is 4.28. The summed E-state index contributed by atoms with van der Waals surface area (Å²) >= 11 is 0. The van der Waals surface area contributed by atoms with E-state index in [1.165, 1.54) is 6.33 Å². The standard InChI is InChI=1S/C11H10N4O.C5H11N3/c1-2-8(16-5-1)6-13-11-9-3-4-12-10(9)14-7-15-11;1-5(2)3-4-7-8-6/h1-2,4-5,7H,3,6H2,(H,13,14,15);5H,3-4H2,1-2H3. The third kappa shape index (κ3) is 5.40. The van der Waals surface area contributed by atoms with Crippen molar-refractivity contribution in [2.45, 2.75) is 33.2 Å². The van der Waals surface area contributed by atoms with Crippen molar-refractivity contribution in [1.82, 2.24) is 9.97 Å². The summed E-state index contributed by atoms with van der Waals surface area (Å²) in [7, 11) is 0. The van der Waals surface area contributed by atoms with Crippen LogP contribution in [0.25, 0.3) is 10.4 Å². The van der Waals surface area contributed by atoms with Crippen LogP contribution in [0.4, 0.5) is 11.6 Å². The third-order valence-corrected chi connectivity index (χ3v) is 3.31. The quantitative estimate of drug-likeness (QED) is 0.484. The number of azide groups is 1. The van der Waals surface area contributed by atoms with Crippen LogP contribution in [0.3, 0.4) is 0 Å². The Morgan fingerprint density at radius 2 is 2.29 bits per heavy atom. The molecule has 126 valence electrons. The molecule has 0 spiro atoms. The maximum Gasteiger partial charge on any atom is 0.160 e. The average Bonchev–Trinajstić information content (AvgIpc) is 3.25. The highest BCUT2D eigenvalue weighted by Gasteiger charge is 2.13. The molecule has 1 aliphatic rings. The van der Waals surface area contributed by atoms with Gasteiger partial charge in [0.2, 0.25) is 0 Å². The normalized spacial score (nSPS) is 11.5. The van der Waals surface area contributed by atoms with E-state index in [4.69, 9.17) is 9.95 Å². The number of furan rings is 1. The van der Waals surface area contributed by atoms with Gasteiger partial charge in [0.15, 0.2) is 5.82 Å². The molecule has 3 rings (SSSR count). The Morgan fingerprint density at radius 3 is 3.00 bits per heavy atom. The summed E-state index contributed by atoms with van der Waals surface area (Å²) in [4.78, 5) is 15.1. The molecule has 24 heavy (non-hydrogen) atoms. The van der Waals surface area contributed by atoms with E-state index in [-0.39, 0.29) is 0 Å². The first-order valence-electron chi connectivity index (χ1n) is 7.84. The molecule has 0 amide bonds. The minimum atomic E-state index is 0.621. The molecule has 2 aromatic heterocycles. The van der Waals surface area contributed by atoms with Gasteiger partial charge < -0.3 is 9.73 Å². The zero-order valence-electron chi connectivity index (χ0n) is 13.9. The summed E-state index contributed by atoms with van der Waals surface area (Å²) < 4.78 is 5.24. The van der Waals surface area contributed by atoms with Crippen molar-refractivity contribution >= 4 is 17.9 Å². The van der Waals surface area contributed by atoms with E-state index in [2.05, 4.69) is 44.2 Å². The van der Waals surface area contributed by atoms with Crippen LogP contribution in [0.5, 0.6) is 0 Å². The Bertz CT molecular complexity index is 703. The van der Waals surface area contributed by atoms with E-state index in [1.807, 2.05) is 18.3 Å². The van der Waals surface area contributed by atoms with E-state index in [9.17, 15) is 0 Å². The number of hydrogen-bond acceptors (Lipinski definition) is 6. The first-order valence-corrected chi connectivity index (χ1v) is 7.84. The molecule has 0 fully saturated rings.